The first-order chi connectivity index (χ1) is 11.3. The summed E-state index contributed by atoms with van der Waals surface area (Å²) in [6, 6.07) is 3.44. The third kappa shape index (κ3) is 2.35. The van der Waals surface area contributed by atoms with E-state index >= 15 is 0 Å². The summed E-state index contributed by atoms with van der Waals surface area (Å²) in [7, 11) is 0. The van der Waals surface area contributed by atoms with Gasteiger partial charge < -0.3 is 9.84 Å². The van der Waals surface area contributed by atoms with Crippen LogP contribution in [0.1, 0.15) is 35.5 Å². The number of halogens is 4. The van der Waals surface area contributed by atoms with E-state index in [4.69, 9.17) is 0 Å². The number of carbonyl (C=O) groups excluding carboxylic acids is 1. The Morgan fingerprint density at radius 2 is 2.00 bits per heavy atom. The van der Waals surface area contributed by atoms with E-state index in [-0.39, 0.29) is 16.7 Å². The molecule has 9 heteroatoms. The van der Waals surface area contributed by atoms with Crippen LogP contribution in [0, 0.1) is 11.7 Å². The molecule has 0 saturated heterocycles. The Labute approximate surface area is 133 Å². The second-order valence-electron chi connectivity index (χ2n) is 6.33. The number of rotatable bonds is 3. The maximum absolute atomic E-state index is 14.2. The second kappa shape index (κ2) is 4.78. The topological polar surface area (TPSA) is 68.0 Å². The molecule has 24 heavy (non-hydrogen) atoms. The van der Waals surface area contributed by atoms with Crippen molar-refractivity contribution in [3.05, 3.63) is 35.5 Å². The molecule has 2 bridgehead atoms. The van der Waals surface area contributed by atoms with Crippen molar-refractivity contribution < 1.29 is 26.9 Å². The summed E-state index contributed by atoms with van der Waals surface area (Å²) in [5.41, 5.74) is -0.316. The van der Waals surface area contributed by atoms with Gasteiger partial charge in [0.1, 0.15) is 5.82 Å². The first-order valence-corrected chi connectivity index (χ1v) is 7.29. The van der Waals surface area contributed by atoms with Gasteiger partial charge in [0.25, 0.3) is 5.91 Å². The summed E-state index contributed by atoms with van der Waals surface area (Å²) in [6.45, 7) is 0. The minimum absolute atomic E-state index is 0.0977. The molecular weight excluding hydrogens is 330 g/mol. The molecule has 0 aliphatic heterocycles. The minimum Gasteiger partial charge on any atom is -0.347 e. The van der Waals surface area contributed by atoms with Crippen molar-refractivity contribution in [3.8, 4) is 11.4 Å². The summed E-state index contributed by atoms with van der Waals surface area (Å²) >= 11 is 0. The van der Waals surface area contributed by atoms with Gasteiger partial charge >= 0.3 is 12.1 Å². The van der Waals surface area contributed by atoms with E-state index in [2.05, 4.69) is 20.0 Å². The normalized spacial score (nSPS) is 24.9. The van der Waals surface area contributed by atoms with Gasteiger partial charge in [0.2, 0.25) is 5.82 Å². The zero-order chi connectivity index (χ0) is 17.1. The highest BCUT2D eigenvalue weighted by Gasteiger charge is 2.57. The predicted octanol–water partition coefficient (Wildman–Crippen LogP) is 3.18. The van der Waals surface area contributed by atoms with E-state index in [1.165, 1.54) is 6.07 Å². The molecule has 3 aliphatic carbocycles. The molecular formula is C15H11F4N3O2. The molecule has 0 unspecified atom stereocenters. The molecule has 5 nitrogen and oxygen atoms in total. The van der Waals surface area contributed by atoms with E-state index < -0.39 is 29.6 Å². The number of hydrogen-bond acceptors (Lipinski definition) is 4. The van der Waals surface area contributed by atoms with Crippen molar-refractivity contribution in [1.29, 1.82) is 0 Å². The maximum Gasteiger partial charge on any atom is 0.471 e. The molecule has 2 aromatic rings. The Bertz CT molecular complexity index is 813. The van der Waals surface area contributed by atoms with Crippen LogP contribution in [0.3, 0.4) is 0 Å². The lowest BCUT2D eigenvalue weighted by Crippen LogP contribution is -2.68. The van der Waals surface area contributed by atoms with Crippen molar-refractivity contribution in [2.45, 2.75) is 31.0 Å². The van der Waals surface area contributed by atoms with Crippen LogP contribution < -0.4 is 5.32 Å². The van der Waals surface area contributed by atoms with Crippen LogP contribution >= 0.6 is 0 Å². The molecule has 126 valence electrons. The van der Waals surface area contributed by atoms with Gasteiger partial charge in [0.15, 0.2) is 0 Å². The van der Waals surface area contributed by atoms with Crippen LogP contribution in [-0.4, -0.2) is 21.6 Å². The lowest BCUT2D eigenvalue weighted by atomic mass is 9.50. The molecule has 1 aromatic carbocycles. The average Bonchev–Trinajstić information content (AvgIpc) is 2.90. The van der Waals surface area contributed by atoms with Crippen molar-refractivity contribution >= 4 is 5.91 Å². The van der Waals surface area contributed by atoms with Crippen molar-refractivity contribution in [3.63, 3.8) is 0 Å². The number of nitrogens with zero attached hydrogens (tertiary/aromatic N) is 2. The molecule has 3 saturated carbocycles. The van der Waals surface area contributed by atoms with Crippen molar-refractivity contribution in [2.75, 3.05) is 0 Å². The van der Waals surface area contributed by atoms with Gasteiger partial charge in [-0.3, -0.25) is 4.79 Å². The number of hydrogen-bond donors (Lipinski definition) is 1. The highest BCUT2D eigenvalue weighted by molar-refractivity contribution is 5.95. The number of alkyl halides is 3. The lowest BCUT2D eigenvalue weighted by Gasteiger charge is -2.61. The molecule has 0 spiro atoms. The van der Waals surface area contributed by atoms with Gasteiger partial charge in [-0.05, 0) is 43.4 Å². The summed E-state index contributed by atoms with van der Waals surface area (Å²) in [5, 5.41) is 6.01. The molecule has 1 N–H and O–H groups in total. The third-order valence-corrected chi connectivity index (χ3v) is 4.56. The second-order valence-corrected chi connectivity index (χ2v) is 6.33. The highest BCUT2D eigenvalue weighted by Crippen LogP contribution is 2.57. The molecule has 1 amide bonds. The Kier molecular flexibility index (Phi) is 3.01. The maximum atomic E-state index is 14.2. The largest absolute Gasteiger partial charge is 0.471 e. The van der Waals surface area contributed by atoms with Crippen molar-refractivity contribution in [2.24, 2.45) is 5.92 Å². The van der Waals surface area contributed by atoms with Crippen LogP contribution in [0.15, 0.2) is 22.7 Å². The van der Waals surface area contributed by atoms with Crippen molar-refractivity contribution in [1.82, 2.24) is 15.5 Å². The molecule has 3 fully saturated rings. The zero-order valence-electron chi connectivity index (χ0n) is 12.2. The Hall–Kier alpha value is -2.45. The van der Waals surface area contributed by atoms with E-state index in [0.29, 0.717) is 5.92 Å². The Balaban J connectivity index is 1.55. The zero-order valence-corrected chi connectivity index (χ0v) is 12.2. The van der Waals surface area contributed by atoms with Gasteiger partial charge in [0.05, 0.1) is 5.56 Å². The summed E-state index contributed by atoms with van der Waals surface area (Å²) in [6.07, 6.45) is -1.96. The SMILES string of the molecule is O=C(NC12CC(C1)C2)c1ccc(-c2noc(C(F)(F)F)n2)c(F)c1. The van der Waals surface area contributed by atoms with E-state index in [0.717, 1.165) is 31.4 Å². The standard InChI is InChI=1S/C15H11F4N3O2/c16-10-3-8(12(23)21-14-4-7(5-14)6-14)1-2-9(10)11-20-13(24-22-11)15(17,18)19/h1-3,7H,4-6H2,(H,21,23). The Morgan fingerprint density at radius 1 is 1.29 bits per heavy atom. The number of nitrogens with one attached hydrogen (secondary N) is 1. The molecule has 0 radical (unpaired) electrons. The summed E-state index contributed by atoms with van der Waals surface area (Å²) in [4.78, 5) is 15.3. The quantitative estimate of drug-likeness (QED) is 0.871. The van der Waals surface area contributed by atoms with Gasteiger partial charge in [0, 0.05) is 11.1 Å². The summed E-state index contributed by atoms with van der Waals surface area (Å²) < 4.78 is 55.6. The first kappa shape index (κ1) is 15.1. The highest BCUT2D eigenvalue weighted by atomic mass is 19.4. The fourth-order valence-corrected chi connectivity index (χ4v) is 3.23. The van der Waals surface area contributed by atoms with E-state index in [1.807, 2.05) is 0 Å². The fraction of sp³-hybridized carbons (Fsp3) is 0.400. The first-order valence-electron chi connectivity index (χ1n) is 7.29. The molecule has 0 atom stereocenters. The predicted molar refractivity (Wildman–Crippen MR) is 72.2 cm³/mol. The summed E-state index contributed by atoms with van der Waals surface area (Å²) in [5.74, 6) is -2.68. The van der Waals surface area contributed by atoms with Crippen LogP contribution in [-0.2, 0) is 6.18 Å². The number of carbonyl (C=O) groups is 1. The Morgan fingerprint density at radius 3 is 2.50 bits per heavy atom. The fourth-order valence-electron chi connectivity index (χ4n) is 3.23. The van der Waals surface area contributed by atoms with Gasteiger partial charge in [-0.1, -0.05) is 5.16 Å². The molecule has 1 aromatic heterocycles. The van der Waals surface area contributed by atoms with E-state index in [1.54, 1.807) is 0 Å². The van der Waals surface area contributed by atoms with E-state index in [9.17, 15) is 22.4 Å². The van der Waals surface area contributed by atoms with Crippen LogP contribution in [0.2, 0.25) is 0 Å². The molecule has 3 aliphatic rings. The number of amides is 1. The average molecular weight is 341 g/mol. The minimum atomic E-state index is -4.80. The van der Waals surface area contributed by atoms with Gasteiger partial charge in [-0.25, -0.2) is 4.39 Å². The lowest BCUT2D eigenvalue weighted by molar-refractivity contribution is -0.159. The van der Waals surface area contributed by atoms with Gasteiger partial charge in [-0.15, -0.1) is 0 Å². The monoisotopic (exact) mass is 341 g/mol. The van der Waals surface area contributed by atoms with Crippen LogP contribution in [0.5, 0.6) is 0 Å². The smallest absolute Gasteiger partial charge is 0.347 e. The van der Waals surface area contributed by atoms with Gasteiger partial charge in [-0.2, -0.15) is 18.2 Å². The molecule has 5 rings (SSSR count). The van der Waals surface area contributed by atoms with Crippen LogP contribution in [0.25, 0.3) is 11.4 Å². The third-order valence-electron chi connectivity index (χ3n) is 4.56. The number of benzene rings is 1. The van der Waals surface area contributed by atoms with Crippen LogP contribution in [0.4, 0.5) is 17.6 Å². The number of aromatic nitrogens is 2. The molecule has 1 heterocycles.